The third kappa shape index (κ3) is 5.07. The normalized spacial score (nSPS) is 12.3. The minimum atomic E-state index is -4.44. The number of hydrogen-bond acceptors (Lipinski definition) is 3. The van der Waals surface area contributed by atoms with Crippen molar-refractivity contribution in [2.75, 3.05) is 0 Å². The van der Waals surface area contributed by atoms with Gasteiger partial charge in [-0.3, -0.25) is 0 Å². The van der Waals surface area contributed by atoms with Crippen molar-refractivity contribution in [3.63, 3.8) is 0 Å². The molecule has 0 radical (unpaired) electrons. The van der Waals surface area contributed by atoms with Crippen LogP contribution in [0.2, 0.25) is 0 Å². The van der Waals surface area contributed by atoms with Gasteiger partial charge in [0.1, 0.15) is 0 Å². The molecule has 0 bridgehead atoms. The molecule has 0 atom stereocenters. The van der Waals surface area contributed by atoms with Gasteiger partial charge >= 0.3 is 6.18 Å². The monoisotopic (exact) mass is 344 g/mol. The molecule has 0 amide bonds. The van der Waals surface area contributed by atoms with E-state index < -0.39 is 21.6 Å². The molecule has 0 spiro atoms. The smallest absolute Gasteiger partial charge is 0.392 e. The summed E-state index contributed by atoms with van der Waals surface area (Å²) in [5.74, 6) is -0.535. The van der Waals surface area contributed by atoms with E-state index in [9.17, 15) is 21.6 Å². The second-order valence-corrected chi connectivity index (χ2v) is 7.27. The highest BCUT2D eigenvalue weighted by Gasteiger charge is 2.30. The van der Waals surface area contributed by atoms with Crippen LogP contribution in [0.1, 0.15) is 22.3 Å². The first-order valence-electron chi connectivity index (χ1n) is 6.75. The van der Waals surface area contributed by atoms with Crippen molar-refractivity contribution >= 4 is 9.84 Å². The predicted molar refractivity (Wildman–Crippen MR) is 80.1 cm³/mol. The highest BCUT2D eigenvalue weighted by Crippen LogP contribution is 2.29. The molecule has 2 aromatic carbocycles. The maximum atomic E-state index is 12.5. The Bertz CT molecular complexity index is 749. The fraction of sp³-hybridized carbons (Fsp3) is 0.250. The van der Waals surface area contributed by atoms with Crippen LogP contribution in [0, 0.1) is 0 Å². The van der Waals surface area contributed by atoms with E-state index in [-0.39, 0.29) is 18.1 Å². The molecule has 0 heterocycles. The number of hydrogen-bond donors (Lipinski definition) is 1. The van der Waals surface area contributed by atoms with E-state index in [0.29, 0.717) is 16.7 Å². The molecular formula is C16H15F3O3S. The van der Waals surface area contributed by atoms with Gasteiger partial charge in [0.2, 0.25) is 0 Å². The van der Waals surface area contributed by atoms with Crippen LogP contribution in [-0.2, 0) is 34.1 Å². The molecule has 1 N–H and O–H groups in total. The number of alkyl halides is 3. The quantitative estimate of drug-likeness (QED) is 0.905. The summed E-state index contributed by atoms with van der Waals surface area (Å²) in [6.45, 7) is -0.126. The van der Waals surface area contributed by atoms with Gasteiger partial charge in [0.25, 0.3) is 0 Å². The zero-order chi connectivity index (χ0) is 17.1. The summed E-state index contributed by atoms with van der Waals surface area (Å²) >= 11 is 0. The maximum Gasteiger partial charge on any atom is 0.416 e. The molecule has 0 fully saturated rings. The van der Waals surface area contributed by atoms with Crippen molar-refractivity contribution in [2.45, 2.75) is 24.3 Å². The summed E-state index contributed by atoms with van der Waals surface area (Å²) in [6.07, 6.45) is -4.44. The SMILES string of the molecule is O=S(=O)(Cc1ccc(CO)cc1)Cc1ccc(C(F)(F)F)cc1. The van der Waals surface area contributed by atoms with Crippen molar-refractivity contribution in [3.05, 3.63) is 70.8 Å². The number of aliphatic hydroxyl groups excluding tert-OH is 1. The van der Waals surface area contributed by atoms with Gasteiger partial charge in [-0.1, -0.05) is 36.4 Å². The largest absolute Gasteiger partial charge is 0.416 e. The van der Waals surface area contributed by atoms with Crippen LogP contribution >= 0.6 is 0 Å². The average molecular weight is 344 g/mol. The van der Waals surface area contributed by atoms with Gasteiger partial charge in [0.15, 0.2) is 9.84 Å². The first-order chi connectivity index (χ1) is 10.7. The Labute approximate surface area is 132 Å². The van der Waals surface area contributed by atoms with Gasteiger partial charge in [-0.25, -0.2) is 8.42 Å². The molecule has 124 valence electrons. The topological polar surface area (TPSA) is 54.4 Å². The predicted octanol–water partition coefficient (Wildman–Crippen LogP) is 3.31. The Morgan fingerprint density at radius 1 is 0.783 bits per heavy atom. The van der Waals surface area contributed by atoms with Crippen LogP contribution in [-0.4, -0.2) is 13.5 Å². The van der Waals surface area contributed by atoms with Crippen LogP contribution in [0.3, 0.4) is 0 Å². The minimum Gasteiger partial charge on any atom is -0.392 e. The Morgan fingerprint density at radius 2 is 1.17 bits per heavy atom. The maximum absolute atomic E-state index is 12.5. The summed E-state index contributed by atoms with van der Waals surface area (Å²) in [7, 11) is -3.50. The summed E-state index contributed by atoms with van der Waals surface area (Å²) in [6, 6.07) is 10.6. The molecular weight excluding hydrogens is 329 g/mol. The molecule has 0 aliphatic heterocycles. The highest BCUT2D eigenvalue weighted by atomic mass is 32.2. The van der Waals surface area contributed by atoms with E-state index in [1.54, 1.807) is 24.3 Å². The third-order valence-corrected chi connectivity index (χ3v) is 4.81. The molecule has 0 aliphatic rings. The van der Waals surface area contributed by atoms with Crippen molar-refractivity contribution in [1.29, 1.82) is 0 Å². The number of sulfone groups is 1. The van der Waals surface area contributed by atoms with Crippen LogP contribution in [0.4, 0.5) is 13.2 Å². The first kappa shape index (κ1) is 17.5. The lowest BCUT2D eigenvalue weighted by atomic mass is 10.1. The number of rotatable bonds is 5. The molecule has 2 aromatic rings. The van der Waals surface area contributed by atoms with Gasteiger partial charge in [-0.05, 0) is 28.8 Å². The molecule has 7 heteroatoms. The first-order valence-corrected chi connectivity index (χ1v) is 8.57. The van der Waals surface area contributed by atoms with Crippen molar-refractivity contribution in [2.24, 2.45) is 0 Å². The van der Waals surface area contributed by atoms with Gasteiger partial charge in [0, 0.05) is 0 Å². The van der Waals surface area contributed by atoms with Gasteiger partial charge in [0.05, 0.1) is 23.7 Å². The Morgan fingerprint density at radius 3 is 1.57 bits per heavy atom. The second kappa shape index (κ2) is 6.72. The molecule has 0 aromatic heterocycles. The molecule has 0 aliphatic carbocycles. The molecule has 3 nitrogen and oxygen atoms in total. The van der Waals surface area contributed by atoms with Gasteiger partial charge < -0.3 is 5.11 Å². The van der Waals surface area contributed by atoms with Crippen LogP contribution in [0.15, 0.2) is 48.5 Å². The Balaban J connectivity index is 2.08. The molecule has 0 saturated carbocycles. The number of aliphatic hydroxyl groups is 1. The molecule has 2 rings (SSSR count). The number of benzene rings is 2. The fourth-order valence-electron chi connectivity index (χ4n) is 2.09. The minimum absolute atomic E-state index is 0.126. The van der Waals surface area contributed by atoms with Crippen molar-refractivity contribution in [3.8, 4) is 0 Å². The zero-order valence-corrected chi connectivity index (χ0v) is 12.9. The van der Waals surface area contributed by atoms with E-state index in [4.69, 9.17) is 5.11 Å². The standard InChI is InChI=1S/C16H15F3O3S/c17-16(18,19)15-7-5-14(6-8-15)11-23(21,22)10-13-3-1-12(9-20)2-4-13/h1-8,20H,9-11H2. The molecule has 0 unspecified atom stereocenters. The summed E-state index contributed by atoms with van der Waals surface area (Å²) in [5, 5.41) is 8.94. The van der Waals surface area contributed by atoms with E-state index in [2.05, 4.69) is 0 Å². The van der Waals surface area contributed by atoms with Gasteiger partial charge in [-0.2, -0.15) is 13.2 Å². The lowest BCUT2D eigenvalue weighted by Gasteiger charge is -2.08. The van der Waals surface area contributed by atoms with Crippen molar-refractivity contribution in [1.82, 2.24) is 0 Å². The lowest BCUT2D eigenvalue weighted by Crippen LogP contribution is -2.09. The van der Waals surface area contributed by atoms with E-state index >= 15 is 0 Å². The fourth-order valence-corrected chi connectivity index (χ4v) is 3.59. The lowest BCUT2D eigenvalue weighted by molar-refractivity contribution is -0.137. The van der Waals surface area contributed by atoms with Crippen LogP contribution in [0.5, 0.6) is 0 Å². The summed E-state index contributed by atoms with van der Waals surface area (Å²) in [4.78, 5) is 0. The second-order valence-electron chi connectivity index (χ2n) is 5.20. The Kier molecular flexibility index (Phi) is 5.11. The van der Waals surface area contributed by atoms with E-state index in [0.717, 1.165) is 12.1 Å². The van der Waals surface area contributed by atoms with Crippen LogP contribution < -0.4 is 0 Å². The average Bonchev–Trinajstić information content (AvgIpc) is 2.46. The summed E-state index contributed by atoms with van der Waals surface area (Å²) in [5.41, 5.74) is 0.742. The third-order valence-electron chi connectivity index (χ3n) is 3.26. The van der Waals surface area contributed by atoms with Crippen molar-refractivity contribution < 1.29 is 26.7 Å². The van der Waals surface area contributed by atoms with E-state index in [1.165, 1.54) is 12.1 Å². The highest BCUT2D eigenvalue weighted by molar-refractivity contribution is 7.89. The summed E-state index contributed by atoms with van der Waals surface area (Å²) < 4.78 is 61.7. The van der Waals surface area contributed by atoms with Gasteiger partial charge in [-0.15, -0.1) is 0 Å². The number of halogens is 3. The Hall–Kier alpha value is -1.86. The zero-order valence-electron chi connectivity index (χ0n) is 12.0. The van der Waals surface area contributed by atoms with Crippen LogP contribution in [0.25, 0.3) is 0 Å². The molecule has 0 saturated heterocycles. The van der Waals surface area contributed by atoms with E-state index in [1.807, 2.05) is 0 Å². The molecule has 23 heavy (non-hydrogen) atoms.